The molecule has 8 heteroatoms. The molecule has 1 saturated heterocycles. The monoisotopic (exact) mass is 345 g/mol. The Kier molecular flexibility index (Phi) is 4.07. The topological polar surface area (TPSA) is 86.3 Å². The maximum atomic E-state index is 13.3. The van der Waals surface area contributed by atoms with Crippen LogP contribution in [0.2, 0.25) is 0 Å². The van der Waals surface area contributed by atoms with Crippen LogP contribution in [0, 0.1) is 6.92 Å². The molecule has 8 nitrogen and oxygen atoms in total. The Morgan fingerprint density at radius 2 is 2.12 bits per heavy atom. The van der Waals surface area contributed by atoms with Crippen molar-refractivity contribution in [3.05, 3.63) is 28.7 Å². The van der Waals surface area contributed by atoms with Crippen molar-refractivity contribution in [1.29, 1.82) is 0 Å². The molecular weight excluding hydrogens is 322 g/mol. The highest BCUT2D eigenvalue weighted by atomic mass is 16.5. The molecule has 4 rings (SSSR count). The van der Waals surface area contributed by atoms with Gasteiger partial charge in [0.1, 0.15) is 17.4 Å². The number of fused-ring (bicyclic) bond motifs is 3. The van der Waals surface area contributed by atoms with Gasteiger partial charge < -0.3 is 18.7 Å². The Labute approximate surface area is 146 Å². The van der Waals surface area contributed by atoms with E-state index in [1.165, 1.54) is 0 Å². The van der Waals surface area contributed by atoms with Crippen molar-refractivity contribution < 1.29 is 14.1 Å². The fraction of sp³-hybridized carbons (Fsp3) is 0.647. The van der Waals surface area contributed by atoms with Crippen molar-refractivity contribution in [2.24, 2.45) is 0 Å². The van der Waals surface area contributed by atoms with E-state index >= 15 is 0 Å². The number of aryl methyl sites for hydroxylation is 2. The molecule has 0 radical (unpaired) electrons. The van der Waals surface area contributed by atoms with Gasteiger partial charge in [-0.1, -0.05) is 12.1 Å². The molecule has 0 saturated carbocycles. The lowest BCUT2D eigenvalue weighted by Gasteiger charge is -2.27. The minimum Gasteiger partial charge on any atom is -0.380 e. The van der Waals surface area contributed by atoms with Crippen LogP contribution in [0.1, 0.15) is 53.2 Å². The fourth-order valence-electron chi connectivity index (χ4n) is 4.09. The summed E-state index contributed by atoms with van der Waals surface area (Å²) in [6.45, 7) is 4.97. The van der Waals surface area contributed by atoms with Crippen LogP contribution >= 0.6 is 0 Å². The summed E-state index contributed by atoms with van der Waals surface area (Å²) >= 11 is 0. The zero-order valence-electron chi connectivity index (χ0n) is 14.9. The second-order valence-corrected chi connectivity index (χ2v) is 6.80. The molecule has 2 aliphatic heterocycles. The Balaban J connectivity index is 1.66. The van der Waals surface area contributed by atoms with Crippen LogP contribution in [0.15, 0.2) is 4.52 Å². The molecule has 0 spiro atoms. The van der Waals surface area contributed by atoms with Gasteiger partial charge >= 0.3 is 0 Å². The summed E-state index contributed by atoms with van der Waals surface area (Å²) in [5, 5.41) is 12.7. The van der Waals surface area contributed by atoms with Crippen LogP contribution in [0.5, 0.6) is 0 Å². The third kappa shape index (κ3) is 2.55. The van der Waals surface area contributed by atoms with Gasteiger partial charge in [-0.05, 0) is 19.8 Å². The van der Waals surface area contributed by atoms with Gasteiger partial charge in [-0.3, -0.25) is 4.79 Å². The van der Waals surface area contributed by atoms with E-state index < -0.39 is 0 Å². The van der Waals surface area contributed by atoms with E-state index in [0.29, 0.717) is 18.1 Å². The van der Waals surface area contributed by atoms with Gasteiger partial charge in [0.25, 0.3) is 5.91 Å². The molecule has 1 fully saturated rings. The van der Waals surface area contributed by atoms with Gasteiger partial charge in [0.2, 0.25) is 0 Å². The molecule has 0 aliphatic carbocycles. The number of methoxy groups -OCH3 is 1. The molecule has 2 aromatic heterocycles. The molecule has 2 aromatic rings. The predicted molar refractivity (Wildman–Crippen MR) is 88.0 cm³/mol. The Bertz CT molecular complexity index is 796. The molecule has 2 aliphatic rings. The lowest BCUT2D eigenvalue weighted by atomic mass is 10.1. The van der Waals surface area contributed by atoms with Crippen LogP contribution < -0.4 is 0 Å². The summed E-state index contributed by atoms with van der Waals surface area (Å²) in [7, 11) is 1.61. The second-order valence-electron chi connectivity index (χ2n) is 6.80. The first-order chi connectivity index (χ1) is 12.1. The normalized spacial score (nSPS) is 22.1. The minimum atomic E-state index is -0.0619. The molecule has 2 atom stereocenters. The number of nitrogens with zero attached hydrogens (tertiary/aromatic N) is 5. The largest absolute Gasteiger partial charge is 0.380 e. The first-order valence-corrected chi connectivity index (χ1v) is 8.81. The van der Waals surface area contributed by atoms with E-state index in [1.807, 2.05) is 11.8 Å². The van der Waals surface area contributed by atoms with Crippen molar-refractivity contribution in [3.8, 4) is 0 Å². The van der Waals surface area contributed by atoms with Crippen molar-refractivity contribution in [3.63, 3.8) is 0 Å². The molecular formula is C17H23N5O3. The van der Waals surface area contributed by atoms with E-state index in [2.05, 4.69) is 26.8 Å². The van der Waals surface area contributed by atoms with Crippen molar-refractivity contribution in [1.82, 2.24) is 24.8 Å². The van der Waals surface area contributed by atoms with Crippen LogP contribution in [0.25, 0.3) is 0 Å². The number of carbonyl (C=O) groups excluding carboxylic acids is 1. The number of hydrogen-bond donors (Lipinski definition) is 0. The number of ether oxygens (including phenoxy) is 1. The van der Waals surface area contributed by atoms with Crippen LogP contribution in [-0.2, 0) is 30.7 Å². The minimum absolute atomic E-state index is 0.0619. The molecule has 2 unspecified atom stereocenters. The Morgan fingerprint density at radius 1 is 1.32 bits per heavy atom. The fourth-order valence-corrected chi connectivity index (χ4v) is 4.09. The number of amides is 1. The number of hydrogen-bond acceptors (Lipinski definition) is 6. The van der Waals surface area contributed by atoms with Gasteiger partial charge in [-0.15, -0.1) is 10.2 Å². The summed E-state index contributed by atoms with van der Waals surface area (Å²) < 4.78 is 12.7. The molecule has 0 N–H and O–H groups in total. The summed E-state index contributed by atoms with van der Waals surface area (Å²) in [6.07, 6.45) is 3.57. The summed E-state index contributed by atoms with van der Waals surface area (Å²) in [5.74, 6) is 2.55. The average molecular weight is 345 g/mol. The van der Waals surface area contributed by atoms with Gasteiger partial charge in [-0.2, -0.15) is 0 Å². The molecule has 1 amide bonds. The SMILES string of the molecule is CCc1nnc2n1CC1CCC(C2)N1C(=O)c1noc(C)c1COC. The second kappa shape index (κ2) is 6.25. The molecule has 134 valence electrons. The third-order valence-corrected chi connectivity index (χ3v) is 5.36. The molecule has 4 heterocycles. The van der Waals surface area contributed by atoms with Gasteiger partial charge in [0, 0.05) is 32.5 Å². The predicted octanol–water partition coefficient (Wildman–Crippen LogP) is 1.51. The smallest absolute Gasteiger partial charge is 0.277 e. The zero-order chi connectivity index (χ0) is 17.6. The van der Waals surface area contributed by atoms with Crippen molar-refractivity contribution in [2.45, 2.75) is 64.8 Å². The number of carbonyl (C=O) groups is 1. The van der Waals surface area contributed by atoms with E-state index in [-0.39, 0.29) is 18.0 Å². The maximum absolute atomic E-state index is 13.3. The first kappa shape index (κ1) is 16.3. The first-order valence-electron chi connectivity index (χ1n) is 8.81. The molecule has 0 aromatic carbocycles. The summed E-state index contributed by atoms with van der Waals surface area (Å²) in [5.41, 5.74) is 1.12. The van der Waals surface area contributed by atoms with E-state index in [4.69, 9.17) is 9.26 Å². The van der Waals surface area contributed by atoms with Gasteiger partial charge in [-0.25, -0.2) is 0 Å². The van der Waals surface area contributed by atoms with E-state index in [0.717, 1.165) is 49.4 Å². The standard InChI is InChI=1S/C17H23N5O3/c1-4-14-18-19-15-7-11-5-6-12(8-21(14)15)22(11)17(23)16-13(9-24-3)10(2)25-20-16/h11-12H,4-9H2,1-3H3. The summed E-state index contributed by atoms with van der Waals surface area (Å²) in [6, 6.07) is 0.285. The van der Waals surface area contributed by atoms with Crippen LogP contribution in [0.3, 0.4) is 0 Å². The van der Waals surface area contributed by atoms with Crippen LogP contribution in [-0.4, -0.2) is 49.9 Å². The zero-order valence-corrected chi connectivity index (χ0v) is 14.9. The third-order valence-electron chi connectivity index (χ3n) is 5.36. The Morgan fingerprint density at radius 3 is 2.88 bits per heavy atom. The highest BCUT2D eigenvalue weighted by Gasteiger charge is 2.42. The number of rotatable bonds is 4. The lowest BCUT2D eigenvalue weighted by molar-refractivity contribution is 0.0650. The molecule has 25 heavy (non-hydrogen) atoms. The summed E-state index contributed by atoms with van der Waals surface area (Å²) in [4.78, 5) is 15.2. The highest BCUT2D eigenvalue weighted by molar-refractivity contribution is 5.94. The average Bonchev–Trinajstić information content (AvgIpc) is 3.24. The lowest BCUT2D eigenvalue weighted by Crippen LogP contribution is -2.42. The van der Waals surface area contributed by atoms with Crippen LogP contribution in [0.4, 0.5) is 0 Å². The van der Waals surface area contributed by atoms with E-state index in [1.54, 1.807) is 7.11 Å². The van der Waals surface area contributed by atoms with E-state index in [9.17, 15) is 4.79 Å². The molecule has 2 bridgehead atoms. The highest BCUT2D eigenvalue weighted by Crippen LogP contribution is 2.33. The van der Waals surface area contributed by atoms with Gasteiger partial charge in [0.15, 0.2) is 5.69 Å². The van der Waals surface area contributed by atoms with Crippen molar-refractivity contribution in [2.75, 3.05) is 7.11 Å². The number of aromatic nitrogens is 4. The van der Waals surface area contributed by atoms with Gasteiger partial charge in [0.05, 0.1) is 18.2 Å². The van der Waals surface area contributed by atoms with Crippen molar-refractivity contribution >= 4 is 5.91 Å². The Hall–Kier alpha value is -2.22. The maximum Gasteiger partial charge on any atom is 0.277 e. The quantitative estimate of drug-likeness (QED) is 0.835.